The maximum absolute atomic E-state index is 13.2. The van der Waals surface area contributed by atoms with Crippen molar-refractivity contribution < 1.29 is 8.78 Å². The summed E-state index contributed by atoms with van der Waals surface area (Å²) in [7, 11) is 0. The molecule has 1 saturated heterocycles. The van der Waals surface area contributed by atoms with Gasteiger partial charge in [0.25, 0.3) is 0 Å². The monoisotopic (exact) mass is 412 g/mol. The zero-order valence-corrected chi connectivity index (χ0v) is 17.1. The summed E-state index contributed by atoms with van der Waals surface area (Å²) in [6.45, 7) is 6.17. The number of nitrogens with zero attached hydrogens (tertiary/aromatic N) is 6. The number of hydrogen-bond acceptors (Lipinski definition) is 5. The Balaban J connectivity index is 1.46. The molecule has 158 valence electrons. The highest BCUT2D eigenvalue weighted by Gasteiger charge is 2.28. The molecule has 0 unspecified atom stereocenters. The highest BCUT2D eigenvalue weighted by molar-refractivity contribution is 5.46. The molecule has 6 nitrogen and oxygen atoms in total. The zero-order valence-electron chi connectivity index (χ0n) is 17.1. The average Bonchev–Trinajstić information content (AvgIpc) is 3.22. The van der Waals surface area contributed by atoms with E-state index in [1.807, 2.05) is 16.8 Å². The number of rotatable bonds is 7. The molecule has 0 radical (unpaired) electrons. The zero-order chi connectivity index (χ0) is 20.9. The smallest absolute Gasteiger partial charge is 0.168 e. The third-order valence-corrected chi connectivity index (χ3v) is 5.61. The predicted molar refractivity (Wildman–Crippen MR) is 111 cm³/mol. The van der Waals surface area contributed by atoms with Gasteiger partial charge in [0.1, 0.15) is 11.6 Å². The van der Waals surface area contributed by atoms with Crippen LogP contribution in [0.1, 0.15) is 37.2 Å². The first-order valence-corrected chi connectivity index (χ1v) is 10.4. The van der Waals surface area contributed by atoms with E-state index in [4.69, 9.17) is 0 Å². The summed E-state index contributed by atoms with van der Waals surface area (Å²) in [4.78, 5) is 4.71. The molecule has 30 heavy (non-hydrogen) atoms. The third-order valence-electron chi connectivity index (χ3n) is 5.61. The van der Waals surface area contributed by atoms with Crippen LogP contribution in [-0.2, 0) is 6.54 Å². The summed E-state index contributed by atoms with van der Waals surface area (Å²) < 4.78 is 28.2. The van der Waals surface area contributed by atoms with Crippen molar-refractivity contribution in [3.05, 3.63) is 71.6 Å². The van der Waals surface area contributed by atoms with Crippen molar-refractivity contribution in [2.75, 3.05) is 31.1 Å². The van der Waals surface area contributed by atoms with Crippen LogP contribution in [0.5, 0.6) is 0 Å². The van der Waals surface area contributed by atoms with Crippen LogP contribution in [-0.4, -0.2) is 51.3 Å². The highest BCUT2D eigenvalue weighted by atomic mass is 19.1. The van der Waals surface area contributed by atoms with Gasteiger partial charge in [0, 0.05) is 31.9 Å². The van der Waals surface area contributed by atoms with E-state index >= 15 is 0 Å². The van der Waals surface area contributed by atoms with E-state index < -0.39 is 0 Å². The lowest BCUT2D eigenvalue weighted by Crippen LogP contribution is -2.48. The van der Waals surface area contributed by atoms with Crippen molar-refractivity contribution in [2.45, 2.75) is 32.4 Å². The van der Waals surface area contributed by atoms with Gasteiger partial charge in [-0.1, -0.05) is 25.5 Å². The second kappa shape index (κ2) is 9.30. The Bertz CT molecular complexity index is 933. The lowest BCUT2D eigenvalue weighted by Gasteiger charge is -2.39. The fraction of sp³-hybridized carbons (Fsp3) is 0.409. The summed E-state index contributed by atoms with van der Waals surface area (Å²) in [6.07, 6.45) is 1.98. The Hall–Kier alpha value is -2.87. The van der Waals surface area contributed by atoms with Crippen LogP contribution in [0.25, 0.3) is 0 Å². The summed E-state index contributed by atoms with van der Waals surface area (Å²) in [5.74, 6) is 0.378. The average molecular weight is 412 g/mol. The first-order valence-electron chi connectivity index (χ1n) is 10.4. The van der Waals surface area contributed by atoms with E-state index in [1.165, 1.54) is 24.3 Å². The molecule has 1 atom stereocenters. The van der Waals surface area contributed by atoms with Crippen LogP contribution in [0.15, 0.2) is 48.5 Å². The van der Waals surface area contributed by atoms with Crippen molar-refractivity contribution in [1.82, 2.24) is 25.1 Å². The third kappa shape index (κ3) is 4.64. The van der Waals surface area contributed by atoms with Gasteiger partial charge in [0.2, 0.25) is 0 Å². The molecule has 2 heterocycles. The van der Waals surface area contributed by atoms with Crippen LogP contribution < -0.4 is 4.90 Å². The van der Waals surface area contributed by atoms with Crippen LogP contribution in [0.4, 0.5) is 14.5 Å². The van der Waals surface area contributed by atoms with E-state index in [0.29, 0.717) is 6.54 Å². The molecule has 2 aromatic carbocycles. The summed E-state index contributed by atoms with van der Waals surface area (Å²) >= 11 is 0. The Morgan fingerprint density at radius 1 is 0.900 bits per heavy atom. The number of hydrogen-bond donors (Lipinski definition) is 0. The minimum Gasteiger partial charge on any atom is -0.369 e. The van der Waals surface area contributed by atoms with E-state index in [9.17, 15) is 8.78 Å². The quantitative estimate of drug-likeness (QED) is 0.593. The van der Waals surface area contributed by atoms with Crippen molar-refractivity contribution in [3.8, 4) is 0 Å². The van der Waals surface area contributed by atoms with Crippen molar-refractivity contribution in [2.24, 2.45) is 0 Å². The molecule has 1 aliphatic rings. The fourth-order valence-electron chi connectivity index (χ4n) is 4.02. The lowest BCUT2D eigenvalue weighted by molar-refractivity contribution is 0.164. The van der Waals surface area contributed by atoms with Gasteiger partial charge < -0.3 is 4.90 Å². The van der Waals surface area contributed by atoms with Crippen LogP contribution in [0.3, 0.4) is 0 Å². The van der Waals surface area contributed by atoms with Gasteiger partial charge in [-0.2, -0.15) is 0 Å². The largest absolute Gasteiger partial charge is 0.369 e. The molecule has 0 aliphatic carbocycles. The molecule has 4 rings (SSSR count). The van der Waals surface area contributed by atoms with Gasteiger partial charge in [-0.15, -0.1) is 5.10 Å². The molecule has 0 bridgehead atoms. The minimum absolute atomic E-state index is 0.126. The molecule has 8 heteroatoms. The van der Waals surface area contributed by atoms with Crippen LogP contribution >= 0.6 is 0 Å². The molecule has 0 spiro atoms. The highest BCUT2D eigenvalue weighted by Crippen LogP contribution is 2.27. The fourth-order valence-corrected chi connectivity index (χ4v) is 4.02. The molecule has 0 amide bonds. The summed E-state index contributed by atoms with van der Waals surface area (Å²) in [5.41, 5.74) is 2.01. The van der Waals surface area contributed by atoms with Crippen LogP contribution in [0.2, 0.25) is 0 Å². The van der Waals surface area contributed by atoms with Crippen molar-refractivity contribution >= 4 is 5.69 Å². The second-order valence-electron chi connectivity index (χ2n) is 7.63. The van der Waals surface area contributed by atoms with E-state index in [0.717, 1.165) is 56.1 Å². The molecule has 1 aromatic heterocycles. The van der Waals surface area contributed by atoms with Gasteiger partial charge in [-0.25, -0.2) is 13.5 Å². The molecule has 1 fully saturated rings. The maximum atomic E-state index is 13.2. The maximum Gasteiger partial charge on any atom is 0.168 e. The predicted octanol–water partition coefficient (Wildman–Crippen LogP) is 3.66. The lowest BCUT2D eigenvalue weighted by atomic mass is 10.1. The second-order valence-corrected chi connectivity index (χ2v) is 7.63. The number of aromatic nitrogens is 4. The minimum atomic E-state index is -0.251. The Morgan fingerprint density at radius 3 is 2.17 bits per heavy atom. The van der Waals surface area contributed by atoms with Gasteiger partial charge in [-0.3, -0.25) is 4.90 Å². The first kappa shape index (κ1) is 20.4. The molecule has 0 N–H and O–H groups in total. The molecular weight excluding hydrogens is 386 g/mol. The van der Waals surface area contributed by atoms with Crippen LogP contribution in [0, 0.1) is 11.6 Å². The molecule has 3 aromatic rings. The van der Waals surface area contributed by atoms with E-state index in [-0.39, 0.29) is 17.7 Å². The van der Waals surface area contributed by atoms with Gasteiger partial charge in [0.15, 0.2) is 5.82 Å². The number of halogens is 2. The standard InChI is InChI=1S/C22H26F2N6/c1-2-3-21(22-25-26-27-30(22)16-17-4-6-18(23)7-5-17)29-14-12-28(13-15-29)20-10-8-19(24)9-11-20/h4-11,21H,2-3,12-16H2,1H3/t21-/m0/s1. The molecule has 0 saturated carbocycles. The van der Waals surface area contributed by atoms with Gasteiger partial charge in [-0.05, 0) is 58.8 Å². The number of anilines is 1. The Morgan fingerprint density at radius 2 is 1.53 bits per heavy atom. The first-order chi connectivity index (χ1) is 14.6. The topological polar surface area (TPSA) is 50.1 Å². The Kier molecular flexibility index (Phi) is 6.32. The number of benzene rings is 2. The molecule has 1 aliphatic heterocycles. The normalized spacial score (nSPS) is 16.0. The summed E-state index contributed by atoms with van der Waals surface area (Å²) in [5, 5.41) is 12.5. The van der Waals surface area contributed by atoms with E-state index in [1.54, 1.807) is 12.1 Å². The van der Waals surface area contributed by atoms with E-state index in [2.05, 4.69) is 32.2 Å². The van der Waals surface area contributed by atoms with Gasteiger partial charge in [0.05, 0.1) is 12.6 Å². The summed E-state index contributed by atoms with van der Waals surface area (Å²) in [6, 6.07) is 13.2. The molecular formula is C22H26F2N6. The van der Waals surface area contributed by atoms with Gasteiger partial charge >= 0.3 is 0 Å². The van der Waals surface area contributed by atoms with Crippen molar-refractivity contribution in [3.63, 3.8) is 0 Å². The van der Waals surface area contributed by atoms with Crippen molar-refractivity contribution in [1.29, 1.82) is 0 Å². The SMILES string of the molecule is CCC[C@@H](c1nnnn1Cc1ccc(F)cc1)N1CCN(c2ccc(F)cc2)CC1. The number of tetrazole rings is 1. The Labute approximate surface area is 175 Å². The number of piperazine rings is 1.